The minimum atomic E-state index is -3.65. The first-order valence-electron chi connectivity index (χ1n) is 10.0. The Hall–Kier alpha value is -3.49. The minimum absolute atomic E-state index is 0.0968. The summed E-state index contributed by atoms with van der Waals surface area (Å²) in [5.41, 5.74) is -0.951. The zero-order valence-electron chi connectivity index (χ0n) is 17.5. The summed E-state index contributed by atoms with van der Waals surface area (Å²) in [5, 5.41) is 10.3. The highest BCUT2D eigenvalue weighted by Crippen LogP contribution is 2.12. The van der Waals surface area contributed by atoms with Crippen molar-refractivity contribution in [2.75, 3.05) is 26.2 Å². The number of amides is 1. The molecule has 3 rings (SSSR count). The fourth-order valence-corrected chi connectivity index (χ4v) is 4.51. The molecule has 32 heavy (non-hydrogen) atoms. The number of aromatic nitrogens is 2. The zero-order valence-corrected chi connectivity index (χ0v) is 18.4. The molecule has 1 aliphatic heterocycles. The van der Waals surface area contributed by atoms with Crippen LogP contribution in [0.5, 0.6) is 0 Å². The second-order valence-electron chi connectivity index (χ2n) is 7.15. The Morgan fingerprint density at radius 1 is 1.12 bits per heavy atom. The van der Waals surface area contributed by atoms with Gasteiger partial charge >= 0.3 is 5.69 Å². The highest BCUT2D eigenvalue weighted by molar-refractivity contribution is 7.92. The van der Waals surface area contributed by atoms with Gasteiger partial charge in [-0.2, -0.15) is 9.57 Å². The Balaban J connectivity index is 1.68. The molecule has 1 fully saturated rings. The van der Waals surface area contributed by atoms with Crippen molar-refractivity contribution in [3.63, 3.8) is 0 Å². The number of sulfonamides is 1. The summed E-state index contributed by atoms with van der Waals surface area (Å²) >= 11 is 0. The minimum Gasteiger partial charge on any atom is -0.338 e. The van der Waals surface area contributed by atoms with E-state index >= 15 is 0 Å². The molecule has 0 spiro atoms. The van der Waals surface area contributed by atoms with E-state index < -0.39 is 33.7 Å². The van der Waals surface area contributed by atoms with Crippen molar-refractivity contribution >= 4 is 22.0 Å². The first-order chi connectivity index (χ1) is 15.3. The van der Waals surface area contributed by atoms with Gasteiger partial charge in [0.05, 0.1) is 0 Å². The number of nitrogens with zero attached hydrogens (tertiary/aromatic N) is 5. The van der Waals surface area contributed by atoms with Gasteiger partial charge in [0.25, 0.3) is 5.56 Å². The molecule has 0 radical (unpaired) electrons. The Labute approximate surface area is 185 Å². The van der Waals surface area contributed by atoms with Crippen LogP contribution in [0.2, 0.25) is 0 Å². The summed E-state index contributed by atoms with van der Waals surface area (Å²) in [5.74, 6) is -0.487. The maximum atomic E-state index is 12.7. The molecule has 1 aromatic carbocycles. The Bertz CT molecular complexity index is 1280. The van der Waals surface area contributed by atoms with E-state index in [1.807, 2.05) is 18.2 Å². The van der Waals surface area contributed by atoms with Crippen LogP contribution in [0.25, 0.3) is 6.08 Å². The molecular weight excluding hydrogens is 434 g/mol. The smallest absolute Gasteiger partial charge is 0.331 e. The number of carbonyl (C=O) groups excluding carboxylic acids is 1. The van der Waals surface area contributed by atoms with E-state index in [9.17, 15) is 22.8 Å². The molecule has 0 unspecified atom stereocenters. The molecular formula is C21H23N5O5S. The number of benzene rings is 1. The normalized spacial score (nSPS) is 15.1. The maximum absolute atomic E-state index is 12.7. The number of rotatable bonds is 6. The average Bonchev–Trinajstić information content (AvgIpc) is 2.81. The fourth-order valence-electron chi connectivity index (χ4n) is 3.34. The van der Waals surface area contributed by atoms with Crippen LogP contribution in [0.1, 0.15) is 18.1 Å². The van der Waals surface area contributed by atoms with E-state index in [4.69, 9.17) is 5.26 Å². The summed E-state index contributed by atoms with van der Waals surface area (Å²) in [6.45, 7) is 1.88. The molecule has 2 heterocycles. The van der Waals surface area contributed by atoms with Crippen molar-refractivity contribution in [1.82, 2.24) is 18.3 Å². The Kier molecular flexibility index (Phi) is 7.07. The maximum Gasteiger partial charge on any atom is 0.331 e. The van der Waals surface area contributed by atoms with Crippen molar-refractivity contribution < 1.29 is 13.2 Å². The Morgan fingerprint density at radius 3 is 2.38 bits per heavy atom. The second-order valence-corrected chi connectivity index (χ2v) is 8.97. The molecule has 1 saturated heterocycles. The van der Waals surface area contributed by atoms with Crippen LogP contribution in [0.15, 0.2) is 51.5 Å². The van der Waals surface area contributed by atoms with Crippen LogP contribution in [-0.2, 0) is 27.9 Å². The lowest BCUT2D eigenvalue weighted by Crippen LogP contribution is -2.52. The monoisotopic (exact) mass is 457 g/mol. The quantitative estimate of drug-likeness (QED) is 0.603. The summed E-state index contributed by atoms with van der Waals surface area (Å²) in [4.78, 5) is 38.9. The molecule has 1 amide bonds. The van der Waals surface area contributed by atoms with Crippen molar-refractivity contribution in [3.05, 3.63) is 73.9 Å². The van der Waals surface area contributed by atoms with Gasteiger partial charge < -0.3 is 4.90 Å². The molecule has 0 saturated carbocycles. The molecule has 11 heteroatoms. The topological polar surface area (TPSA) is 125 Å². The van der Waals surface area contributed by atoms with Gasteiger partial charge in [-0.1, -0.05) is 30.3 Å². The molecule has 0 atom stereocenters. The van der Waals surface area contributed by atoms with Gasteiger partial charge in [0.2, 0.25) is 15.9 Å². The van der Waals surface area contributed by atoms with Crippen LogP contribution in [0.4, 0.5) is 0 Å². The van der Waals surface area contributed by atoms with E-state index in [0.717, 1.165) is 15.5 Å². The first-order valence-corrected chi connectivity index (χ1v) is 11.5. The van der Waals surface area contributed by atoms with E-state index in [-0.39, 0.29) is 38.3 Å². The predicted octanol–water partition coefficient (Wildman–Crippen LogP) is 0.0465. The van der Waals surface area contributed by atoms with Gasteiger partial charge in [0.1, 0.15) is 18.2 Å². The second kappa shape index (κ2) is 9.76. The van der Waals surface area contributed by atoms with Crippen LogP contribution in [0, 0.1) is 11.3 Å². The van der Waals surface area contributed by atoms with Crippen molar-refractivity contribution in [1.29, 1.82) is 5.26 Å². The summed E-state index contributed by atoms with van der Waals surface area (Å²) in [6, 6.07) is 10.8. The zero-order chi connectivity index (χ0) is 23.3. The van der Waals surface area contributed by atoms with Crippen LogP contribution in [0.3, 0.4) is 0 Å². The SMILES string of the molecule is CCn1cc(C#N)c(=O)n(CC(=O)N2CCN(S(=O)(=O)/C=C/c3ccccc3)CC2)c1=O. The third-order valence-corrected chi connectivity index (χ3v) is 6.74. The standard InChI is InChI=1S/C21H23N5O5S/c1-2-23-15-18(14-22)20(28)26(21(23)29)16-19(27)24-9-11-25(12-10-24)32(30,31)13-8-17-6-4-3-5-7-17/h3-8,13,15H,2,9-12,16H2,1H3/b13-8+. The number of aryl methyl sites for hydroxylation is 1. The molecule has 1 aromatic heterocycles. The first kappa shape index (κ1) is 23.2. The van der Waals surface area contributed by atoms with Gasteiger partial charge in [0.15, 0.2) is 0 Å². The average molecular weight is 458 g/mol. The molecule has 168 valence electrons. The van der Waals surface area contributed by atoms with Crippen molar-refractivity contribution in [2.45, 2.75) is 20.0 Å². The van der Waals surface area contributed by atoms with Gasteiger partial charge in [-0.25, -0.2) is 17.8 Å². The third-order valence-electron chi connectivity index (χ3n) is 5.17. The van der Waals surface area contributed by atoms with E-state index in [0.29, 0.717) is 0 Å². The fraction of sp³-hybridized carbons (Fsp3) is 0.333. The summed E-state index contributed by atoms with van der Waals surface area (Å²) in [7, 11) is -3.65. The van der Waals surface area contributed by atoms with E-state index in [2.05, 4.69) is 0 Å². The van der Waals surface area contributed by atoms with Gasteiger partial charge in [-0.3, -0.25) is 14.2 Å². The molecule has 0 bridgehead atoms. The number of nitriles is 1. The lowest BCUT2D eigenvalue weighted by atomic mass is 10.2. The molecule has 10 nitrogen and oxygen atoms in total. The van der Waals surface area contributed by atoms with E-state index in [1.165, 1.54) is 26.0 Å². The lowest BCUT2D eigenvalue weighted by molar-refractivity contribution is -0.133. The predicted molar refractivity (Wildman–Crippen MR) is 118 cm³/mol. The lowest BCUT2D eigenvalue weighted by Gasteiger charge is -2.33. The number of piperazine rings is 1. The van der Waals surface area contributed by atoms with Crippen LogP contribution < -0.4 is 11.2 Å². The number of hydrogen-bond donors (Lipinski definition) is 0. The van der Waals surface area contributed by atoms with Crippen LogP contribution >= 0.6 is 0 Å². The largest absolute Gasteiger partial charge is 0.338 e. The van der Waals surface area contributed by atoms with Gasteiger partial charge in [0, 0.05) is 44.3 Å². The summed E-state index contributed by atoms with van der Waals surface area (Å²) in [6.07, 6.45) is 2.69. The highest BCUT2D eigenvalue weighted by atomic mass is 32.2. The molecule has 1 aliphatic rings. The molecule has 0 N–H and O–H groups in total. The third kappa shape index (κ3) is 5.04. The number of carbonyl (C=O) groups is 1. The Morgan fingerprint density at radius 2 is 1.78 bits per heavy atom. The molecule has 0 aliphatic carbocycles. The number of hydrogen-bond acceptors (Lipinski definition) is 6. The molecule has 2 aromatic rings. The van der Waals surface area contributed by atoms with Crippen molar-refractivity contribution in [3.8, 4) is 6.07 Å². The summed E-state index contributed by atoms with van der Waals surface area (Å²) < 4.78 is 28.4. The van der Waals surface area contributed by atoms with Gasteiger partial charge in [-0.15, -0.1) is 0 Å². The van der Waals surface area contributed by atoms with E-state index in [1.54, 1.807) is 25.1 Å². The van der Waals surface area contributed by atoms with Crippen molar-refractivity contribution in [2.24, 2.45) is 0 Å². The van der Waals surface area contributed by atoms with Gasteiger partial charge in [-0.05, 0) is 18.6 Å². The van der Waals surface area contributed by atoms with Crippen LogP contribution in [-0.4, -0.2) is 58.8 Å². The highest BCUT2D eigenvalue weighted by Gasteiger charge is 2.28.